The van der Waals surface area contributed by atoms with Crippen LogP contribution in [-0.4, -0.2) is 29.8 Å². The molecule has 1 aromatic carbocycles. The SMILES string of the molecule is FC(F)(F)c1cnc(OC2CC2)c(C2COC3(CCCNC3c3ccccc3)C2)c1. The third-order valence-electron chi connectivity index (χ3n) is 6.40. The van der Waals surface area contributed by atoms with Crippen LogP contribution in [0, 0.1) is 0 Å². The summed E-state index contributed by atoms with van der Waals surface area (Å²) in [5, 5.41) is 3.58. The number of aromatic nitrogens is 1. The van der Waals surface area contributed by atoms with Crippen molar-refractivity contribution < 1.29 is 22.6 Å². The van der Waals surface area contributed by atoms with E-state index in [0.29, 0.717) is 24.5 Å². The highest BCUT2D eigenvalue weighted by molar-refractivity contribution is 5.37. The fourth-order valence-electron chi connectivity index (χ4n) is 4.77. The minimum absolute atomic E-state index is 0.0176. The van der Waals surface area contributed by atoms with E-state index < -0.39 is 17.3 Å². The molecule has 4 nitrogen and oxygen atoms in total. The second-order valence-electron chi connectivity index (χ2n) is 8.61. The highest BCUT2D eigenvalue weighted by Gasteiger charge is 2.49. The monoisotopic (exact) mass is 418 g/mol. The highest BCUT2D eigenvalue weighted by atomic mass is 19.4. The summed E-state index contributed by atoms with van der Waals surface area (Å²) < 4.78 is 52.4. The number of alkyl halides is 3. The molecule has 3 aliphatic rings. The van der Waals surface area contributed by atoms with Crippen molar-refractivity contribution in [2.45, 2.75) is 61.9 Å². The molecule has 1 saturated carbocycles. The Bertz CT molecular complexity index is 901. The van der Waals surface area contributed by atoms with Crippen LogP contribution >= 0.6 is 0 Å². The molecule has 3 fully saturated rings. The zero-order valence-electron chi connectivity index (χ0n) is 16.6. The number of piperidine rings is 1. The Hall–Kier alpha value is -2.12. The third-order valence-corrected chi connectivity index (χ3v) is 6.40. The summed E-state index contributed by atoms with van der Waals surface area (Å²) >= 11 is 0. The molecule has 1 spiro atoms. The molecule has 1 aliphatic carbocycles. The fourth-order valence-corrected chi connectivity index (χ4v) is 4.77. The first-order valence-electron chi connectivity index (χ1n) is 10.6. The lowest BCUT2D eigenvalue weighted by molar-refractivity contribution is -0.137. The highest BCUT2D eigenvalue weighted by Crippen LogP contribution is 2.50. The van der Waals surface area contributed by atoms with E-state index in [0.717, 1.165) is 44.0 Å². The molecule has 2 aliphatic heterocycles. The quantitative estimate of drug-likeness (QED) is 0.758. The molecule has 0 amide bonds. The zero-order valence-corrected chi connectivity index (χ0v) is 16.6. The topological polar surface area (TPSA) is 43.4 Å². The van der Waals surface area contributed by atoms with Gasteiger partial charge in [0.2, 0.25) is 5.88 Å². The van der Waals surface area contributed by atoms with Gasteiger partial charge < -0.3 is 14.8 Å². The zero-order chi connectivity index (χ0) is 20.8. The molecule has 1 N–H and O–H groups in total. The summed E-state index contributed by atoms with van der Waals surface area (Å²) in [5.41, 5.74) is 0.499. The van der Waals surface area contributed by atoms with Gasteiger partial charge >= 0.3 is 6.18 Å². The van der Waals surface area contributed by atoms with Crippen molar-refractivity contribution in [1.82, 2.24) is 10.3 Å². The lowest BCUT2D eigenvalue weighted by Gasteiger charge is -2.41. The van der Waals surface area contributed by atoms with Gasteiger partial charge in [0.1, 0.15) is 6.10 Å². The van der Waals surface area contributed by atoms with Crippen LogP contribution in [0.1, 0.15) is 60.8 Å². The molecular formula is C23H25F3N2O2. The summed E-state index contributed by atoms with van der Waals surface area (Å²) in [6, 6.07) is 11.4. The largest absolute Gasteiger partial charge is 0.474 e. The summed E-state index contributed by atoms with van der Waals surface area (Å²) in [6.45, 7) is 1.27. The first kappa shape index (κ1) is 19.8. The molecular weight excluding hydrogens is 393 g/mol. The second kappa shape index (κ2) is 7.54. The number of rotatable bonds is 4. The maximum Gasteiger partial charge on any atom is 0.417 e. The lowest BCUT2D eigenvalue weighted by atomic mass is 9.77. The maximum atomic E-state index is 13.4. The minimum Gasteiger partial charge on any atom is -0.474 e. The Labute approximate surface area is 173 Å². The van der Waals surface area contributed by atoms with Gasteiger partial charge in [0.15, 0.2) is 0 Å². The van der Waals surface area contributed by atoms with Crippen LogP contribution in [0.3, 0.4) is 0 Å². The standard InChI is InChI=1S/C23H25F3N2O2/c24-23(25,26)17-11-19(21(28-13-17)30-18-7-8-18)16-12-22(29-14-16)9-4-10-27-20(22)15-5-2-1-3-6-15/h1-3,5-6,11,13,16,18,20,27H,4,7-10,12,14H2. The van der Waals surface area contributed by atoms with Gasteiger partial charge in [0.25, 0.3) is 0 Å². The number of hydrogen-bond donors (Lipinski definition) is 1. The van der Waals surface area contributed by atoms with Gasteiger partial charge in [-0.05, 0) is 50.3 Å². The molecule has 3 atom stereocenters. The Balaban J connectivity index is 1.47. The Morgan fingerprint density at radius 2 is 1.97 bits per heavy atom. The van der Waals surface area contributed by atoms with Crippen LogP contribution in [0.2, 0.25) is 0 Å². The van der Waals surface area contributed by atoms with Gasteiger partial charge in [-0.15, -0.1) is 0 Å². The average molecular weight is 418 g/mol. The summed E-state index contributed by atoms with van der Waals surface area (Å²) in [5.74, 6) is 0.149. The van der Waals surface area contributed by atoms with Gasteiger partial charge in [-0.3, -0.25) is 0 Å². The Morgan fingerprint density at radius 3 is 2.70 bits per heavy atom. The number of benzene rings is 1. The van der Waals surface area contributed by atoms with Crippen LogP contribution in [0.4, 0.5) is 13.2 Å². The first-order chi connectivity index (χ1) is 14.4. The van der Waals surface area contributed by atoms with E-state index in [4.69, 9.17) is 9.47 Å². The molecule has 1 aromatic heterocycles. The van der Waals surface area contributed by atoms with Crippen LogP contribution in [0.25, 0.3) is 0 Å². The molecule has 0 bridgehead atoms. The van der Waals surface area contributed by atoms with Crippen molar-refractivity contribution in [3.8, 4) is 5.88 Å². The van der Waals surface area contributed by atoms with Crippen molar-refractivity contribution in [2.24, 2.45) is 0 Å². The molecule has 2 saturated heterocycles. The molecule has 0 radical (unpaired) electrons. The molecule has 7 heteroatoms. The van der Waals surface area contributed by atoms with Gasteiger partial charge in [0.05, 0.1) is 23.8 Å². The summed E-state index contributed by atoms with van der Waals surface area (Å²) in [6.07, 6.45) is 0.850. The number of hydrogen-bond acceptors (Lipinski definition) is 4. The fraction of sp³-hybridized carbons (Fsp3) is 0.522. The number of halogens is 3. The lowest BCUT2D eigenvalue weighted by Crippen LogP contribution is -2.48. The van der Waals surface area contributed by atoms with Crippen molar-refractivity contribution in [3.63, 3.8) is 0 Å². The maximum absolute atomic E-state index is 13.4. The van der Waals surface area contributed by atoms with E-state index in [1.54, 1.807) is 0 Å². The van der Waals surface area contributed by atoms with E-state index in [1.807, 2.05) is 18.2 Å². The summed E-state index contributed by atoms with van der Waals surface area (Å²) in [4.78, 5) is 4.07. The van der Waals surface area contributed by atoms with Gasteiger partial charge in [0, 0.05) is 17.7 Å². The predicted molar refractivity (Wildman–Crippen MR) is 105 cm³/mol. The van der Waals surface area contributed by atoms with Gasteiger partial charge in [-0.1, -0.05) is 30.3 Å². The second-order valence-corrected chi connectivity index (χ2v) is 8.61. The number of pyridine rings is 1. The Kier molecular flexibility index (Phi) is 4.98. The van der Waals surface area contributed by atoms with Gasteiger partial charge in [-0.2, -0.15) is 13.2 Å². The van der Waals surface area contributed by atoms with Crippen LogP contribution in [0.5, 0.6) is 5.88 Å². The van der Waals surface area contributed by atoms with E-state index >= 15 is 0 Å². The molecule has 2 aromatic rings. The van der Waals surface area contributed by atoms with Crippen molar-refractivity contribution >= 4 is 0 Å². The van der Waals surface area contributed by atoms with Gasteiger partial charge in [-0.25, -0.2) is 4.98 Å². The Morgan fingerprint density at radius 1 is 1.17 bits per heavy atom. The smallest absolute Gasteiger partial charge is 0.417 e. The minimum atomic E-state index is -4.43. The van der Waals surface area contributed by atoms with E-state index in [1.165, 1.54) is 6.07 Å². The average Bonchev–Trinajstić information content (AvgIpc) is 3.47. The normalized spacial score (nSPS) is 29.3. The molecule has 5 rings (SSSR count). The van der Waals surface area contributed by atoms with E-state index in [2.05, 4.69) is 22.4 Å². The predicted octanol–water partition coefficient (Wildman–Crippen LogP) is 5.01. The van der Waals surface area contributed by atoms with Crippen molar-refractivity contribution in [3.05, 3.63) is 59.3 Å². The van der Waals surface area contributed by atoms with E-state index in [9.17, 15) is 13.2 Å². The van der Waals surface area contributed by atoms with E-state index in [-0.39, 0.29) is 18.1 Å². The van der Waals surface area contributed by atoms with Crippen molar-refractivity contribution in [1.29, 1.82) is 0 Å². The molecule has 3 heterocycles. The van der Waals surface area contributed by atoms with Crippen LogP contribution in [-0.2, 0) is 10.9 Å². The molecule has 160 valence electrons. The third kappa shape index (κ3) is 3.81. The number of nitrogens with one attached hydrogen (secondary N) is 1. The van der Waals surface area contributed by atoms with Crippen molar-refractivity contribution in [2.75, 3.05) is 13.2 Å². The number of ether oxygens (including phenoxy) is 2. The van der Waals surface area contributed by atoms with Crippen LogP contribution in [0.15, 0.2) is 42.6 Å². The first-order valence-corrected chi connectivity index (χ1v) is 10.6. The molecule has 3 unspecified atom stereocenters. The van der Waals surface area contributed by atoms with Crippen LogP contribution < -0.4 is 10.1 Å². The molecule has 30 heavy (non-hydrogen) atoms. The number of nitrogens with zero attached hydrogens (tertiary/aromatic N) is 1. The summed E-state index contributed by atoms with van der Waals surface area (Å²) in [7, 11) is 0.